The Labute approximate surface area is 81.0 Å². The first kappa shape index (κ1) is 12.9. The Morgan fingerprint density at radius 1 is 1.00 bits per heavy atom. The van der Waals surface area contributed by atoms with Gasteiger partial charge >= 0.3 is 0 Å². The Kier molecular flexibility index (Phi) is 7.23. The van der Waals surface area contributed by atoms with Crippen molar-refractivity contribution in [1.29, 1.82) is 0 Å². The van der Waals surface area contributed by atoms with Crippen molar-refractivity contribution < 1.29 is 10.2 Å². The summed E-state index contributed by atoms with van der Waals surface area (Å²) in [6, 6.07) is 0. The third kappa shape index (κ3) is 6.02. The van der Waals surface area contributed by atoms with E-state index in [1.807, 2.05) is 0 Å². The quantitative estimate of drug-likeness (QED) is 0.500. The molecule has 0 aromatic heterocycles. The highest BCUT2D eigenvalue weighted by molar-refractivity contribution is 4.81. The van der Waals surface area contributed by atoms with Crippen molar-refractivity contribution in [3.05, 3.63) is 0 Å². The molecule has 0 saturated heterocycles. The van der Waals surface area contributed by atoms with E-state index in [2.05, 4.69) is 6.92 Å². The van der Waals surface area contributed by atoms with E-state index < -0.39 is 5.54 Å². The van der Waals surface area contributed by atoms with Gasteiger partial charge in [0, 0.05) is 0 Å². The third-order valence-electron chi connectivity index (χ3n) is 2.41. The SMILES string of the molecule is CCCCCCCC(N)(CO)CO. The van der Waals surface area contributed by atoms with Crippen molar-refractivity contribution in [2.75, 3.05) is 13.2 Å². The first-order chi connectivity index (χ1) is 6.18. The zero-order valence-corrected chi connectivity index (χ0v) is 8.63. The van der Waals surface area contributed by atoms with Crippen LogP contribution in [0.15, 0.2) is 0 Å². The van der Waals surface area contributed by atoms with Crippen LogP contribution in [0.4, 0.5) is 0 Å². The normalized spacial score (nSPS) is 12.0. The average Bonchev–Trinajstić information content (AvgIpc) is 2.17. The summed E-state index contributed by atoms with van der Waals surface area (Å²) >= 11 is 0. The average molecular weight is 189 g/mol. The van der Waals surface area contributed by atoms with E-state index in [0.717, 1.165) is 12.8 Å². The lowest BCUT2D eigenvalue weighted by atomic mass is 9.95. The lowest BCUT2D eigenvalue weighted by Crippen LogP contribution is -2.47. The van der Waals surface area contributed by atoms with Crippen molar-refractivity contribution >= 4 is 0 Å². The molecule has 0 fully saturated rings. The van der Waals surface area contributed by atoms with Crippen molar-refractivity contribution in [2.45, 2.75) is 51.0 Å². The number of aliphatic hydroxyl groups is 2. The van der Waals surface area contributed by atoms with E-state index in [9.17, 15) is 0 Å². The minimum Gasteiger partial charge on any atom is -0.394 e. The van der Waals surface area contributed by atoms with Gasteiger partial charge in [-0.3, -0.25) is 0 Å². The van der Waals surface area contributed by atoms with Crippen molar-refractivity contribution in [2.24, 2.45) is 5.73 Å². The molecule has 0 rings (SSSR count). The molecule has 3 nitrogen and oxygen atoms in total. The third-order valence-corrected chi connectivity index (χ3v) is 2.41. The van der Waals surface area contributed by atoms with Gasteiger partial charge in [-0.15, -0.1) is 0 Å². The molecular weight excluding hydrogens is 166 g/mol. The van der Waals surface area contributed by atoms with Crippen molar-refractivity contribution in [3.63, 3.8) is 0 Å². The van der Waals surface area contributed by atoms with Crippen LogP contribution in [0.5, 0.6) is 0 Å². The van der Waals surface area contributed by atoms with Crippen LogP contribution in [0, 0.1) is 0 Å². The van der Waals surface area contributed by atoms with E-state index in [0.29, 0.717) is 6.42 Å². The van der Waals surface area contributed by atoms with Crippen LogP contribution in [0.25, 0.3) is 0 Å². The summed E-state index contributed by atoms with van der Waals surface area (Å²) in [6.07, 6.45) is 6.57. The Morgan fingerprint density at radius 3 is 2.00 bits per heavy atom. The highest BCUT2D eigenvalue weighted by atomic mass is 16.3. The number of aliphatic hydroxyl groups excluding tert-OH is 2. The fourth-order valence-electron chi connectivity index (χ4n) is 1.29. The van der Waals surface area contributed by atoms with Crippen LogP contribution in [-0.4, -0.2) is 29.0 Å². The zero-order valence-electron chi connectivity index (χ0n) is 8.63. The van der Waals surface area contributed by atoms with E-state index >= 15 is 0 Å². The molecule has 80 valence electrons. The smallest absolute Gasteiger partial charge is 0.0633 e. The lowest BCUT2D eigenvalue weighted by Gasteiger charge is -2.24. The van der Waals surface area contributed by atoms with Gasteiger partial charge < -0.3 is 15.9 Å². The van der Waals surface area contributed by atoms with E-state index in [4.69, 9.17) is 15.9 Å². The van der Waals surface area contributed by atoms with Crippen LogP contribution < -0.4 is 5.73 Å². The maximum absolute atomic E-state index is 8.90. The molecule has 3 heteroatoms. The van der Waals surface area contributed by atoms with Crippen LogP contribution in [0.1, 0.15) is 45.4 Å². The summed E-state index contributed by atoms with van der Waals surface area (Å²) in [7, 11) is 0. The molecule has 0 heterocycles. The molecule has 0 saturated carbocycles. The molecule has 0 aliphatic carbocycles. The summed E-state index contributed by atoms with van der Waals surface area (Å²) in [5.41, 5.74) is 4.95. The summed E-state index contributed by atoms with van der Waals surface area (Å²) in [5, 5.41) is 17.8. The summed E-state index contributed by atoms with van der Waals surface area (Å²) < 4.78 is 0. The van der Waals surface area contributed by atoms with Crippen LogP contribution in [0.3, 0.4) is 0 Å². The maximum atomic E-state index is 8.90. The summed E-state index contributed by atoms with van der Waals surface area (Å²) in [4.78, 5) is 0. The zero-order chi connectivity index (χ0) is 10.2. The molecule has 0 aliphatic heterocycles. The monoisotopic (exact) mass is 189 g/mol. The fourth-order valence-corrected chi connectivity index (χ4v) is 1.29. The Balaban J connectivity index is 3.39. The molecule has 0 amide bonds. The molecule has 0 unspecified atom stereocenters. The minimum absolute atomic E-state index is 0.128. The molecule has 0 aromatic rings. The topological polar surface area (TPSA) is 66.5 Å². The molecule has 0 bridgehead atoms. The molecule has 0 spiro atoms. The van der Waals surface area contributed by atoms with Crippen LogP contribution in [-0.2, 0) is 0 Å². The molecule has 0 radical (unpaired) electrons. The van der Waals surface area contributed by atoms with Gasteiger partial charge in [-0.1, -0.05) is 39.0 Å². The lowest BCUT2D eigenvalue weighted by molar-refractivity contribution is 0.112. The second-order valence-electron chi connectivity index (χ2n) is 3.84. The Morgan fingerprint density at radius 2 is 1.54 bits per heavy atom. The van der Waals surface area contributed by atoms with E-state index in [1.54, 1.807) is 0 Å². The summed E-state index contributed by atoms with van der Waals surface area (Å²) in [5.74, 6) is 0. The fraction of sp³-hybridized carbons (Fsp3) is 1.00. The highest BCUT2D eigenvalue weighted by Crippen LogP contribution is 2.12. The predicted molar refractivity (Wildman–Crippen MR) is 54.5 cm³/mol. The first-order valence-electron chi connectivity index (χ1n) is 5.19. The number of hydrogen-bond acceptors (Lipinski definition) is 3. The summed E-state index contributed by atoms with van der Waals surface area (Å²) in [6.45, 7) is 1.92. The Hall–Kier alpha value is -0.120. The van der Waals surface area contributed by atoms with Gasteiger partial charge in [0.1, 0.15) is 0 Å². The number of hydrogen-bond donors (Lipinski definition) is 3. The number of rotatable bonds is 8. The number of unbranched alkanes of at least 4 members (excludes halogenated alkanes) is 4. The molecular formula is C10H23NO2. The minimum atomic E-state index is -0.758. The first-order valence-corrected chi connectivity index (χ1v) is 5.19. The van der Waals surface area contributed by atoms with Gasteiger partial charge in [0.25, 0.3) is 0 Å². The van der Waals surface area contributed by atoms with Crippen molar-refractivity contribution in [1.82, 2.24) is 0 Å². The molecule has 13 heavy (non-hydrogen) atoms. The second-order valence-corrected chi connectivity index (χ2v) is 3.84. The molecule has 0 aromatic carbocycles. The molecule has 0 aliphatic rings. The van der Waals surface area contributed by atoms with E-state index in [-0.39, 0.29) is 13.2 Å². The van der Waals surface area contributed by atoms with Crippen molar-refractivity contribution in [3.8, 4) is 0 Å². The van der Waals surface area contributed by atoms with Gasteiger partial charge in [0.15, 0.2) is 0 Å². The molecule has 0 atom stereocenters. The van der Waals surface area contributed by atoms with Crippen LogP contribution >= 0.6 is 0 Å². The van der Waals surface area contributed by atoms with E-state index in [1.165, 1.54) is 19.3 Å². The molecule has 4 N–H and O–H groups in total. The number of nitrogens with two attached hydrogens (primary N) is 1. The van der Waals surface area contributed by atoms with Gasteiger partial charge in [0.2, 0.25) is 0 Å². The van der Waals surface area contributed by atoms with Gasteiger partial charge in [-0.25, -0.2) is 0 Å². The predicted octanol–water partition coefficient (Wildman–Crippen LogP) is 1.03. The standard InChI is InChI=1S/C10H23NO2/c1-2-3-4-5-6-7-10(11,8-12)9-13/h12-13H,2-9,11H2,1H3. The van der Waals surface area contributed by atoms with Gasteiger partial charge in [0.05, 0.1) is 18.8 Å². The Bertz CT molecular complexity index is 113. The highest BCUT2D eigenvalue weighted by Gasteiger charge is 2.21. The largest absolute Gasteiger partial charge is 0.394 e. The van der Waals surface area contributed by atoms with Gasteiger partial charge in [-0.2, -0.15) is 0 Å². The maximum Gasteiger partial charge on any atom is 0.0633 e. The van der Waals surface area contributed by atoms with Crippen LogP contribution in [0.2, 0.25) is 0 Å². The van der Waals surface area contributed by atoms with Gasteiger partial charge in [-0.05, 0) is 6.42 Å². The second kappa shape index (κ2) is 7.30.